The molecule has 2 aliphatic rings. The highest BCUT2D eigenvalue weighted by atomic mass is 16.5. The molecule has 4 aromatic rings. The van der Waals surface area contributed by atoms with Crippen LogP contribution in [0.5, 0.6) is 5.75 Å². The van der Waals surface area contributed by atoms with Crippen LogP contribution in [-0.4, -0.2) is 62.1 Å². The second-order valence-electron chi connectivity index (χ2n) is 8.73. The molecule has 1 saturated heterocycles. The Balaban J connectivity index is 1.21. The lowest BCUT2D eigenvalue weighted by Crippen LogP contribution is -2.31. The number of fused-ring (bicyclic) bond motifs is 2. The second kappa shape index (κ2) is 9.43. The number of amides is 1. The SMILES string of the molecule is O=C1CCc2cc(OCCNC(c3cccn4nccc34)c3nnnn3C3CCOC3)ccc2N1. The summed E-state index contributed by atoms with van der Waals surface area (Å²) in [6.45, 7) is 2.34. The lowest BCUT2D eigenvalue weighted by Gasteiger charge is -2.21. The minimum atomic E-state index is -0.256. The number of pyridine rings is 1. The normalized spacial score (nSPS) is 18.4. The molecule has 2 aliphatic heterocycles. The lowest BCUT2D eigenvalue weighted by molar-refractivity contribution is -0.116. The largest absolute Gasteiger partial charge is 0.492 e. The molecule has 2 unspecified atom stereocenters. The Bertz CT molecular complexity index is 1340. The zero-order valence-electron chi connectivity index (χ0n) is 19.1. The molecule has 0 aliphatic carbocycles. The number of aryl methyl sites for hydroxylation is 1. The third kappa shape index (κ3) is 4.35. The molecule has 35 heavy (non-hydrogen) atoms. The number of rotatable bonds is 8. The van der Waals surface area contributed by atoms with Gasteiger partial charge in [0.2, 0.25) is 5.91 Å². The van der Waals surface area contributed by atoms with Gasteiger partial charge in [-0.2, -0.15) is 5.10 Å². The van der Waals surface area contributed by atoms with Crippen LogP contribution in [0.2, 0.25) is 0 Å². The van der Waals surface area contributed by atoms with E-state index in [4.69, 9.17) is 9.47 Å². The molecular formula is C24H26N8O3. The predicted molar refractivity (Wildman–Crippen MR) is 126 cm³/mol. The van der Waals surface area contributed by atoms with Gasteiger partial charge in [-0.05, 0) is 59.2 Å². The van der Waals surface area contributed by atoms with E-state index in [1.54, 1.807) is 6.20 Å². The number of hydrogen-bond acceptors (Lipinski definition) is 8. The van der Waals surface area contributed by atoms with Crippen LogP contribution in [0.25, 0.3) is 5.52 Å². The average Bonchev–Trinajstić information content (AvgIpc) is 3.65. The molecule has 6 rings (SSSR count). The average molecular weight is 475 g/mol. The molecule has 2 N–H and O–H groups in total. The maximum Gasteiger partial charge on any atom is 0.224 e. The van der Waals surface area contributed by atoms with Gasteiger partial charge in [0.25, 0.3) is 0 Å². The fraction of sp³-hybridized carbons (Fsp3) is 0.375. The summed E-state index contributed by atoms with van der Waals surface area (Å²) in [7, 11) is 0. The number of anilines is 1. The molecule has 0 spiro atoms. The van der Waals surface area contributed by atoms with Gasteiger partial charge in [0.15, 0.2) is 5.82 Å². The summed E-state index contributed by atoms with van der Waals surface area (Å²) in [5.41, 5.74) is 3.98. The van der Waals surface area contributed by atoms with Crippen molar-refractivity contribution in [1.82, 2.24) is 35.1 Å². The predicted octanol–water partition coefficient (Wildman–Crippen LogP) is 1.92. The minimum Gasteiger partial charge on any atom is -0.492 e. The Hall–Kier alpha value is -3.83. The topological polar surface area (TPSA) is 120 Å². The van der Waals surface area contributed by atoms with Gasteiger partial charge < -0.3 is 20.1 Å². The fourth-order valence-electron chi connectivity index (χ4n) is 4.75. The Morgan fingerprint density at radius 1 is 1.26 bits per heavy atom. The van der Waals surface area contributed by atoms with E-state index in [-0.39, 0.29) is 18.0 Å². The fourth-order valence-corrected chi connectivity index (χ4v) is 4.75. The van der Waals surface area contributed by atoms with Crippen LogP contribution in [0, 0.1) is 0 Å². The van der Waals surface area contributed by atoms with Gasteiger partial charge in [-0.15, -0.1) is 5.10 Å². The van der Waals surface area contributed by atoms with Gasteiger partial charge in [0.05, 0.1) is 24.2 Å². The number of aromatic nitrogens is 6. The van der Waals surface area contributed by atoms with Crippen molar-refractivity contribution in [2.75, 3.05) is 31.7 Å². The molecule has 1 aromatic carbocycles. The Labute approximate surface area is 201 Å². The molecule has 1 amide bonds. The monoisotopic (exact) mass is 474 g/mol. The van der Waals surface area contributed by atoms with E-state index in [9.17, 15) is 4.79 Å². The van der Waals surface area contributed by atoms with Gasteiger partial charge in [0, 0.05) is 43.2 Å². The summed E-state index contributed by atoms with van der Waals surface area (Å²) in [5, 5.41) is 23.5. The molecule has 1 fully saturated rings. The molecule has 180 valence electrons. The number of benzene rings is 1. The molecular weight excluding hydrogens is 448 g/mol. The van der Waals surface area contributed by atoms with Crippen molar-refractivity contribution in [3.05, 3.63) is 65.7 Å². The first-order valence-corrected chi connectivity index (χ1v) is 11.8. The van der Waals surface area contributed by atoms with Crippen LogP contribution in [0.4, 0.5) is 5.69 Å². The standard InChI is InChI=1S/C24H26N8O3/c33-22-6-3-16-14-18(4-5-20(16)27-22)35-13-10-25-23(19-2-1-11-31-21(19)7-9-26-31)24-28-29-30-32(24)17-8-12-34-15-17/h1-2,4-5,7,9,11,14,17,23,25H,3,6,8,10,12-13,15H2,(H,27,33). The molecule has 0 radical (unpaired) electrons. The number of hydrogen-bond donors (Lipinski definition) is 2. The number of ether oxygens (including phenoxy) is 2. The zero-order valence-corrected chi connectivity index (χ0v) is 19.1. The highest BCUT2D eigenvalue weighted by molar-refractivity contribution is 5.94. The van der Waals surface area contributed by atoms with Crippen LogP contribution >= 0.6 is 0 Å². The van der Waals surface area contributed by atoms with E-state index in [0.717, 1.165) is 46.7 Å². The highest BCUT2D eigenvalue weighted by Crippen LogP contribution is 2.29. The van der Waals surface area contributed by atoms with Crippen LogP contribution in [0.3, 0.4) is 0 Å². The Morgan fingerprint density at radius 3 is 3.14 bits per heavy atom. The summed E-state index contributed by atoms with van der Waals surface area (Å²) >= 11 is 0. The number of carbonyl (C=O) groups is 1. The zero-order chi connectivity index (χ0) is 23.6. The lowest BCUT2D eigenvalue weighted by atomic mass is 10.0. The Kier molecular flexibility index (Phi) is 5.84. The summed E-state index contributed by atoms with van der Waals surface area (Å²) in [6, 6.07) is 11.7. The van der Waals surface area contributed by atoms with Gasteiger partial charge >= 0.3 is 0 Å². The van der Waals surface area contributed by atoms with E-state index in [0.29, 0.717) is 32.8 Å². The van der Waals surface area contributed by atoms with Crippen LogP contribution in [0.1, 0.15) is 41.9 Å². The number of tetrazole rings is 1. The molecule has 5 heterocycles. The van der Waals surface area contributed by atoms with Crippen molar-refractivity contribution in [2.24, 2.45) is 0 Å². The Morgan fingerprint density at radius 2 is 2.23 bits per heavy atom. The van der Waals surface area contributed by atoms with Crippen molar-refractivity contribution >= 4 is 17.1 Å². The van der Waals surface area contributed by atoms with E-state index < -0.39 is 0 Å². The number of nitrogens with one attached hydrogen (secondary N) is 2. The van der Waals surface area contributed by atoms with Crippen LogP contribution < -0.4 is 15.4 Å². The quantitative estimate of drug-likeness (QED) is 0.372. The van der Waals surface area contributed by atoms with E-state index in [1.165, 1.54) is 0 Å². The smallest absolute Gasteiger partial charge is 0.224 e. The van der Waals surface area contributed by atoms with Crippen molar-refractivity contribution in [3.63, 3.8) is 0 Å². The maximum atomic E-state index is 11.6. The first kappa shape index (κ1) is 21.7. The van der Waals surface area contributed by atoms with Gasteiger partial charge in [-0.25, -0.2) is 9.20 Å². The van der Waals surface area contributed by atoms with E-state index in [2.05, 4.69) is 37.3 Å². The summed E-state index contributed by atoms with van der Waals surface area (Å²) in [4.78, 5) is 11.6. The van der Waals surface area contributed by atoms with Crippen molar-refractivity contribution in [1.29, 1.82) is 0 Å². The maximum absolute atomic E-state index is 11.6. The highest BCUT2D eigenvalue weighted by Gasteiger charge is 2.28. The van der Waals surface area contributed by atoms with Crippen LogP contribution in [0.15, 0.2) is 48.8 Å². The molecule has 2 atom stereocenters. The van der Waals surface area contributed by atoms with Gasteiger partial charge in [0.1, 0.15) is 12.4 Å². The molecule has 11 heteroatoms. The molecule has 3 aromatic heterocycles. The van der Waals surface area contributed by atoms with E-state index >= 15 is 0 Å². The van der Waals surface area contributed by atoms with Gasteiger partial charge in [-0.3, -0.25) is 4.79 Å². The minimum absolute atomic E-state index is 0.0566. The van der Waals surface area contributed by atoms with E-state index in [1.807, 2.05) is 45.7 Å². The first-order chi connectivity index (χ1) is 17.3. The van der Waals surface area contributed by atoms with Crippen molar-refractivity contribution in [3.8, 4) is 5.75 Å². The molecule has 0 saturated carbocycles. The van der Waals surface area contributed by atoms with Crippen LogP contribution in [-0.2, 0) is 16.0 Å². The third-order valence-electron chi connectivity index (χ3n) is 6.50. The third-order valence-corrected chi connectivity index (χ3v) is 6.50. The van der Waals surface area contributed by atoms with Gasteiger partial charge in [-0.1, -0.05) is 6.07 Å². The summed E-state index contributed by atoms with van der Waals surface area (Å²) in [6.07, 6.45) is 5.81. The molecule has 11 nitrogen and oxygen atoms in total. The van der Waals surface area contributed by atoms with Crippen molar-refractivity contribution in [2.45, 2.75) is 31.3 Å². The summed E-state index contributed by atoms with van der Waals surface area (Å²) < 4.78 is 15.3. The van der Waals surface area contributed by atoms with Crippen molar-refractivity contribution < 1.29 is 14.3 Å². The number of nitrogens with zero attached hydrogens (tertiary/aromatic N) is 6. The molecule has 0 bridgehead atoms. The summed E-state index contributed by atoms with van der Waals surface area (Å²) in [5.74, 6) is 1.57. The number of carbonyl (C=O) groups excluding carboxylic acids is 1. The first-order valence-electron chi connectivity index (χ1n) is 11.8. The second-order valence-corrected chi connectivity index (χ2v) is 8.73.